The summed E-state index contributed by atoms with van der Waals surface area (Å²) in [6, 6.07) is 16.6. The standard InChI is InChI=1S/C22H23N7S/c1-2-3-4-9-21-23-20(15-30)26-29(21)14-16-10-12-17(13-11-16)18-7-5-6-8-19(18)22-24-27-28-25-22/h5-8,10-13,15H,2-4,9,14H2,1H3,(H,24,25,27,28). The van der Waals surface area contributed by atoms with Gasteiger partial charge in [0.05, 0.1) is 6.54 Å². The molecular formula is C22H23N7S. The SMILES string of the molecule is CCCCCc1nc(C=S)nn1Cc1ccc(-c2ccccc2-c2nnn[nH]2)cc1. The minimum atomic E-state index is 0.614. The molecule has 0 bridgehead atoms. The van der Waals surface area contributed by atoms with E-state index >= 15 is 0 Å². The third-order valence-electron chi connectivity index (χ3n) is 5.00. The molecule has 1 N–H and O–H groups in total. The second kappa shape index (κ2) is 9.49. The average Bonchev–Trinajstić information content (AvgIpc) is 3.45. The van der Waals surface area contributed by atoms with Gasteiger partial charge in [-0.2, -0.15) is 5.10 Å². The molecular weight excluding hydrogens is 394 g/mol. The Bertz CT molecular complexity index is 1100. The van der Waals surface area contributed by atoms with E-state index in [9.17, 15) is 0 Å². The number of benzene rings is 2. The number of tetrazole rings is 1. The van der Waals surface area contributed by atoms with Crippen LogP contribution in [0, 0.1) is 0 Å². The molecule has 0 fully saturated rings. The Morgan fingerprint density at radius 3 is 2.53 bits per heavy atom. The van der Waals surface area contributed by atoms with Crippen LogP contribution in [0.15, 0.2) is 48.5 Å². The van der Waals surface area contributed by atoms with Gasteiger partial charge in [0.25, 0.3) is 0 Å². The van der Waals surface area contributed by atoms with Crippen molar-refractivity contribution >= 4 is 17.6 Å². The van der Waals surface area contributed by atoms with Gasteiger partial charge in [-0.05, 0) is 33.5 Å². The Balaban J connectivity index is 1.56. The Morgan fingerprint density at radius 1 is 1.03 bits per heavy atom. The van der Waals surface area contributed by atoms with Gasteiger partial charge in [0.15, 0.2) is 11.6 Å². The van der Waals surface area contributed by atoms with Gasteiger partial charge in [0, 0.05) is 17.4 Å². The third-order valence-corrected chi connectivity index (χ3v) is 5.21. The minimum absolute atomic E-state index is 0.614. The quantitative estimate of drug-likeness (QED) is 0.324. The first-order valence-electron chi connectivity index (χ1n) is 10.1. The van der Waals surface area contributed by atoms with E-state index in [1.165, 1.54) is 18.2 Å². The fourth-order valence-corrected chi connectivity index (χ4v) is 3.57. The van der Waals surface area contributed by atoms with Crippen LogP contribution in [-0.4, -0.2) is 40.8 Å². The molecule has 152 valence electrons. The van der Waals surface area contributed by atoms with Crippen LogP contribution in [0.5, 0.6) is 0 Å². The molecule has 0 aliphatic rings. The number of aromatic amines is 1. The molecule has 0 aliphatic carbocycles. The summed E-state index contributed by atoms with van der Waals surface area (Å²) in [6.45, 7) is 2.87. The summed E-state index contributed by atoms with van der Waals surface area (Å²) in [6.07, 6.45) is 4.40. The zero-order chi connectivity index (χ0) is 20.8. The van der Waals surface area contributed by atoms with Crippen LogP contribution in [0.3, 0.4) is 0 Å². The zero-order valence-electron chi connectivity index (χ0n) is 16.8. The lowest BCUT2D eigenvalue weighted by molar-refractivity contribution is 0.607. The first-order valence-corrected chi connectivity index (χ1v) is 10.6. The third kappa shape index (κ3) is 4.49. The highest BCUT2D eigenvalue weighted by atomic mass is 32.1. The molecule has 2 heterocycles. The summed E-state index contributed by atoms with van der Waals surface area (Å²) >= 11 is 5.03. The molecule has 30 heavy (non-hydrogen) atoms. The maximum Gasteiger partial charge on any atom is 0.184 e. The van der Waals surface area contributed by atoms with Crippen LogP contribution in [0.25, 0.3) is 22.5 Å². The first kappa shape index (κ1) is 20.0. The molecule has 7 nitrogen and oxygen atoms in total. The van der Waals surface area contributed by atoms with Gasteiger partial charge in [-0.15, -0.1) is 5.10 Å². The summed E-state index contributed by atoms with van der Waals surface area (Å²) in [5.74, 6) is 2.26. The van der Waals surface area contributed by atoms with Crippen LogP contribution in [0.4, 0.5) is 0 Å². The van der Waals surface area contributed by atoms with E-state index in [0.29, 0.717) is 18.2 Å². The Hall–Kier alpha value is -3.26. The fourth-order valence-electron chi connectivity index (χ4n) is 3.47. The maximum absolute atomic E-state index is 5.03. The molecule has 4 rings (SSSR count). The molecule has 0 atom stereocenters. The van der Waals surface area contributed by atoms with E-state index < -0.39 is 0 Å². The maximum atomic E-state index is 5.03. The van der Waals surface area contributed by atoms with Crippen LogP contribution in [0.2, 0.25) is 0 Å². The van der Waals surface area contributed by atoms with E-state index in [2.05, 4.69) is 68.0 Å². The minimum Gasteiger partial charge on any atom is -0.245 e. The summed E-state index contributed by atoms with van der Waals surface area (Å²) in [5.41, 5.74) is 4.31. The normalized spacial score (nSPS) is 11.0. The van der Waals surface area contributed by atoms with Crippen molar-refractivity contribution in [1.82, 2.24) is 35.4 Å². The number of aryl methyl sites for hydroxylation is 1. The van der Waals surface area contributed by atoms with Gasteiger partial charge in [-0.1, -0.05) is 80.5 Å². The van der Waals surface area contributed by atoms with Gasteiger partial charge >= 0.3 is 0 Å². The van der Waals surface area contributed by atoms with Gasteiger partial charge < -0.3 is 0 Å². The van der Waals surface area contributed by atoms with Crippen molar-refractivity contribution in [3.63, 3.8) is 0 Å². The van der Waals surface area contributed by atoms with E-state index in [1.54, 1.807) is 0 Å². The number of hydrogen-bond donors (Lipinski definition) is 1. The highest BCUT2D eigenvalue weighted by molar-refractivity contribution is 7.79. The van der Waals surface area contributed by atoms with Crippen LogP contribution in [0.1, 0.15) is 43.4 Å². The van der Waals surface area contributed by atoms with Crippen molar-refractivity contribution in [3.8, 4) is 22.5 Å². The summed E-state index contributed by atoms with van der Waals surface area (Å²) < 4.78 is 1.97. The van der Waals surface area contributed by atoms with E-state index in [1.807, 2.05) is 22.9 Å². The number of thiocarbonyl (C=S) groups is 1. The number of nitrogens with zero attached hydrogens (tertiary/aromatic N) is 6. The summed E-state index contributed by atoms with van der Waals surface area (Å²) in [4.78, 5) is 4.57. The molecule has 2 aromatic heterocycles. The second-order valence-corrected chi connectivity index (χ2v) is 7.35. The molecule has 0 radical (unpaired) electrons. The van der Waals surface area contributed by atoms with Gasteiger partial charge in [-0.25, -0.2) is 14.8 Å². The number of aromatic nitrogens is 7. The topological polar surface area (TPSA) is 85.2 Å². The Labute approximate surface area is 180 Å². The fraction of sp³-hybridized carbons (Fsp3) is 0.273. The van der Waals surface area contributed by atoms with Crippen molar-refractivity contribution in [2.45, 2.75) is 39.2 Å². The predicted molar refractivity (Wildman–Crippen MR) is 120 cm³/mol. The highest BCUT2D eigenvalue weighted by Gasteiger charge is 2.11. The van der Waals surface area contributed by atoms with E-state index in [-0.39, 0.29) is 0 Å². The molecule has 0 saturated carbocycles. The smallest absolute Gasteiger partial charge is 0.184 e. The largest absolute Gasteiger partial charge is 0.245 e. The molecule has 0 aliphatic heterocycles. The monoisotopic (exact) mass is 417 g/mol. The number of nitrogens with one attached hydrogen (secondary N) is 1. The number of unbranched alkanes of at least 4 members (excludes halogenated alkanes) is 2. The van der Waals surface area contributed by atoms with Crippen molar-refractivity contribution < 1.29 is 0 Å². The molecule has 0 unspecified atom stereocenters. The molecule has 0 saturated heterocycles. The van der Waals surface area contributed by atoms with Crippen molar-refractivity contribution in [2.75, 3.05) is 0 Å². The van der Waals surface area contributed by atoms with Crippen LogP contribution >= 0.6 is 12.2 Å². The number of H-pyrrole nitrogens is 1. The van der Waals surface area contributed by atoms with E-state index in [4.69, 9.17) is 12.2 Å². The van der Waals surface area contributed by atoms with Gasteiger partial charge in [0.2, 0.25) is 0 Å². The Kier molecular flexibility index (Phi) is 6.34. The predicted octanol–water partition coefficient (Wildman–Crippen LogP) is 4.25. The van der Waals surface area contributed by atoms with Gasteiger partial charge in [-0.3, -0.25) is 0 Å². The lowest BCUT2D eigenvalue weighted by Gasteiger charge is -2.09. The van der Waals surface area contributed by atoms with E-state index in [0.717, 1.165) is 40.9 Å². The first-order chi connectivity index (χ1) is 14.8. The highest BCUT2D eigenvalue weighted by Crippen LogP contribution is 2.29. The van der Waals surface area contributed by atoms with Crippen molar-refractivity contribution in [2.24, 2.45) is 0 Å². The molecule has 8 heteroatoms. The molecule has 0 spiro atoms. The average molecular weight is 418 g/mol. The Morgan fingerprint density at radius 2 is 1.83 bits per heavy atom. The lowest BCUT2D eigenvalue weighted by Crippen LogP contribution is -2.07. The van der Waals surface area contributed by atoms with Crippen molar-refractivity contribution in [1.29, 1.82) is 0 Å². The second-order valence-electron chi connectivity index (χ2n) is 7.11. The molecule has 0 amide bonds. The number of hydrogen-bond acceptors (Lipinski definition) is 6. The molecule has 2 aromatic carbocycles. The summed E-state index contributed by atoms with van der Waals surface area (Å²) in [7, 11) is 0. The van der Waals surface area contributed by atoms with Crippen LogP contribution < -0.4 is 0 Å². The lowest BCUT2D eigenvalue weighted by atomic mass is 9.98. The van der Waals surface area contributed by atoms with Gasteiger partial charge in [0.1, 0.15) is 5.82 Å². The number of rotatable bonds is 9. The summed E-state index contributed by atoms with van der Waals surface area (Å²) in [5, 5.41) is 20.4. The zero-order valence-corrected chi connectivity index (χ0v) is 17.6. The molecule has 4 aromatic rings. The van der Waals surface area contributed by atoms with Crippen LogP contribution in [-0.2, 0) is 13.0 Å². The van der Waals surface area contributed by atoms with Crippen molar-refractivity contribution in [3.05, 3.63) is 65.7 Å².